The number of piperazine rings is 1. The van der Waals surface area contributed by atoms with Gasteiger partial charge in [0, 0.05) is 26.6 Å². The van der Waals surface area contributed by atoms with Crippen LogP contribution in [0.25, 0.3) is 0 Å². The lowest BCUT2D eigenvalue weighted by molar-refractivity contribution is -0.145. The molecule has 1 unspecified atom stereocenters. The first kappa shape index (κ1) is 18.4. The van der Waals surface area contributed by atoms with Crippen molar-refractivity contribution in [1.29, 1.82) is 0 Å². The van der Waals surface area contributed by atoms with Crippen LogP contribution in [-0.2, 0) is 19.1 Å². The summed E-state index contributed by atoms with van der Waals surface area (Å²) in [5, 5.41) is 0. The van der Waals surface area contributed by atoms with Crippen molar-refractivity contribution in [2.75, 3.05) is 26.8 Å². The zero-order valence-corrected chi connectivity index (χ0v) is 14.0. The first-order valence-electron chi connectivity index (χ1n) is 7.44. The summed E-state index contributed by atoms with van der Waals surface area (Å²) in [5.41, 5.74) is -0.604. The minimum atomic E-state index is -0.616. The molecule has 0 aromatic rings. The number of hydrogen-bond donors (Lipinski definition) is 0. The van der Waals surface area contributed by atoms with Crippen LogP contribution in [0, 0.1) is 0 Å². The molecule has 1 fully saturated rings. The summed E-state index contributed by atoms with van der Waals surface area (Å²) in [6, 6.07) is -0.909. The molecule has 0 radical (unpaired) electrons. The Morgan fingerprint density at radius 2 is 2.05 bits per heavy atom. The van der Waals surface area contributed by atoms with E-state index in [9.17, 15) is 14.4 Å². The second kappa shape index (κ2) is 7.58. The smallest absolute Gasteiger partial charge is 0.411 e. The molecule has 1 heterocycles. The highest BCUT2D eigenvalue weighted by Crippen LogP contribution is 2.19. The van der Waals surface area contributed by atoms with Crippen LogP contribution in [0.2, 0.25) is 0 Å². The van der Waals surface area contributed by atoms with Gasteiger partial charge in [0.15, 0.2) is 0 Å². The molecule has 1 rings (SSSR count). The van der Waals surface area contributed by atoms with Crippen molar-refractivity contribution in [1.82, 2.24) is 9.80 Å². The summed E-state index contributed by atoms with van der Waals surface area (Å²) in [6.45, 7) is 8.06. The van der Waals surface area contributed by atoms with Crippen molar-refractivity contribution >= 4 is 18.3 Å². The van der Waals surface area contributed by atoms with Crippen molar-refractivity contribution < 1.29 is 23.9 Å². The highest BCUT2D eigenvalue weighted by Gasteiger charge is 2.38. The van der Waals surface area contributed by atoms with Crippen LogP contribution in [0.3, 0.4) is 0 Å². The van der Waals surface area contributed by atoms with Gasteiger partial charge in [0.05, 0.1) is 12.6 Å². The van der Waals surface area contributed by atoms with E-state index in [1.807, 2.05) is 0 Å². The Morgan fingerprint density at radius 3 is 2.55 bits per heavy atom. The van der Waals surface area contributed by atoms with Gasteiger partial charge in [-0.3, -0.25) is 9.69 Å². The molecule has 7 heteroatoms. The fraction of sp³-hybridized carbons (Fsp3) is 0.800. The zero-order chi connectivity index (χ0) is 16.9. The molecule has 0 N–H and O–H groups in total. The summed E-state index contributed by atoms with van der Waals surface area (Å²) < 4.78 is 10.4. The van der Waals surface area contributed by atoms with Crippen molar-refractivity contribution in [3.8, 4) is 0 Å². The number of nitrogens with zero attached hydrogens (tertiary/aromatic N) is 2. The Labute approximate surface area is 131 Å². The Balaban J connectivity index is 2.77. The molecule has 2 amide bonds. The maximum atomic E-state index is 12.5. The maximum Gasteiger partial charge on any atom is 0.411 e. The van der Waals surface area contributed by atoms with Gasteiger partial charge >= 0.3 is 6.09 Å². The van der Waals surface area contributed by atoms with E-state index >= 15 is 0 Å². The van der Waals surface area contributed by atoms with Crippen molar-refractivity contribution in [2.24, 2.45) is 0 Å². The van der Waals surface area contributed by atoms with E-state index in [0.717, 1.165) is 6.29 Å². The predicted octanol–water partition coefficient (Wildman–Crippen LogP) is 1.06. The number of ether oxygens (including phenoxy) is 2. The SMILES string of the molecule is COC[C@H](CC=O)N1CCN(C(=O)OC(C)(C)C)C(C)C1=O. The van der Waals surface area contributed by atoms with Crippen LogP contribution >= 0.6 is 0 Å². The van der Waals surface area contributed by atoms with Gasteiger partial charge in [-0.25, -0.2) is 4.79 Å². The molecule has 126 valence electrons. The Morgan fingerprint density at radius 1 is 1.41 bits per heavy atom. The molecule has 1 aliphatic heterocycles. The largest absolute Gasteiger partial charge is 0.444 e. The number of amides is 2. The molecule has 0 bridgehead atoms. The molecule has 0 spiro atoms. The highest BCUT2D eigenvalue weighted by molar-refractivity contribution is 5.87. The van der Waals surface area contributed by atoms with Gasteiger partial charge in [-0.15, -0.1) is 0 Å². The van der Waals surface area contributed by atoms with Gasteiger partial charge in [-0.1, -0.05) is 0 Å². The van der Waals surface area contributed by atoms with Gasteiger partial charge < -0.3 is 19.2 Å². The zero-order valence-electron chi connectivity index (χ0n) is 14.0. The second-order valence-electron chi connectivity index (χ2n) is 6.39. The first-order chi connectivity index (χ1) is 10.2. The lowest BCUT2D eigenvalue weighted by Gasteiger charge is -2.42. The van der Waals surface area contributed by atoms with Crippen molar-refractivity contribution in [3.63, 3.8) is 0 Å². The molecular weight excluding hydrogens is 288 g/mol. The minimum absolute atomic E-state index is 0.194. The maximum absolute atomic E-state index is 12.5. The van der Waals surface area contributed by atoms with Crippen LogP contribution in [-0.4, -0.2) is 72.6 Å². The lowest BCUT2D eigenvalue weighted by atomic mass is 10.1. The third kappa shape index (κ3) is 4.69. The molecule has 1 aliphatic rings. The monoisotopic (exact) mass is 314 g/mol. The number of carbonyl (C=O) groups excluding carboxylic acids is 3. The number of rotatable bonds is 5. The summed E-state index contributed by atoms with van der Waals surface area (Å²) in [7, 11) is 1.53. The fourth-order valence-corrected chi connectivity index (χ4v) is 2.41. The average molecular weight is 314 g/mol. The van der Waals surface area contributed by atoms with E-state index < -0.39 is 17.7 Å². The Bertz CT molecular complexity index is 419. The molecular formula is C15H26N2O5. The summed E-state index contributed by atoms with van der Waals surface area (Å²) >= 11 is 0. The molecule has 0 aliphatic carbocycles. The van der Waals surface area contributed by atoms with Crippen LogP contribution < -0.4 is 0 Å². The number of aldehydes is 1. The van der Waals surface area contributed by atoms with Crippen LogP contribution in [0.15, 0.2) is 0 Å². The number of carbonyl (C=O) groups is 3. The van der Waals surface area contributed by atoms with Gasteiger partial charge in [0.25, 0.3) is 0 Å². The quantitative estimate of drug-likeness (QED) is 0.709. The lowest BCUT2D eigenvalue weighted by Crippen LogP contribution is -2.61. The Hall–Kier alpha value is -1.63. The van der Waals surface area contributed by atoms with E-state index in [0.29, 0.717) is 19.7 Å². The van der Waals surface area contributed by atoms with E-state index in [1.54, 1.807) is 32.6 Å². The second-order valence-corrected chi connectivity index (χ2v) is 6.39. The van der Waals surface area contributed by atoms with E-state index in [2.05, 4.69) is 0 Å². The van der Waals surface area contributed by atoms with E-state index in [-0.39, 0.29) is 18.4 Å². The van der Waals surface area contributed by atoms with Gasteiger partial charge in [0.1, 0.15) is 17.9 Å². The van der Waals surface area contributed by atoms with Gasteiger partial charge in [-0.05, 0) is 27.7 Å². The van der Waals surface area contributed by atoms with E-state index in [1.165, 1.54) is 12.0 Å². The molecule has 22 heavy (non-hydrogen) atoms. The van der Waals surface area contributed by atoms with Crippen LogP contribution in [0.5, 0.6) is 0 Å². The molecule has 7 nitrogen and oxygen atoms in total. The molecule has 0 aromatic heterocycles. The van der Waals surface area contributed by atoms with Crippen molar-refractivity contribution in [3.05, 3.63) is 0 Å². The Kier molecular flexibility index (Phi) is 6.34. The van der Waals surface area contributed by atoms with Crippen LogP contribution in [0.4, 0.5) is 4.79 Å². The molecule has 1 saturated heterocycles. The minimum Gasteiger partial charge on any atom is -0.444 e. The van der Waals surface area contributed by atoms with Gasteiger partial charge in [-0.2, -0.15) is 0 Å². The number of methoxy groups -OCH3 is 1. The van der Waals surface area contributed by atoms with Gasteiger partial charge in [0.2, 0.25) is 5.91 Å². The highest BCUT2D eigenvalue weighted by atomic mass is 16.6. The van der Waals surface area contributed by atoms with E-state index in [4.69, 9.17) is 9.47 Å². The van der Waals surface area contributed by atoms with Crippen molar-refractivity contribution in [2.45, 2.75) is 51.8 Å². The molecule has 2 atom stereocenters. The average Bonchev–Trinajstić information content (AvgIpc) is 2.39. The third-order valence-electron chi connectivity index (χ3n) is 3.49. The standard InChI is InChI=1S/C15H26N2O5/c1-11-13(19)17(12(6-9-18)10-21-5)8-7-16(11)14(20)22-15(2,3)4/h9,11-12H,6-8,10H2,1-5H3/t11?,12-/m0/s1. The third-order valence-corrected chi connectivity index (χ3v) is 3.49. The number of hydrogen-bond acceptors (Lipinski definition) is 5. The summed E-state index contributed by atoms with van der Waals surface area (Å²) in [5.74, 6) is -0.194. The fourth-order valence-electron chi connectivity index (χ4n) is 2.41. The summed E-state index contributed by atoms with van der Waals surface area (Å²) in [6.07, 6.45) is 0.507. The predicted molar refractivity (Wildman–Crippen MR) is 80.5 cm³/mol. The van der Waals surface area contributed by atoms with Crippen LogP contribution in [0.1, 0.15) is 34.1 Å². The summed E-state index contributed by atoms with van der Waals surface area (Å²) in [4.78, 5) is 38.5. The first-order valence-corrected chi connectivity index (χ1v) is 7.44. The topological polar surface area (TPSA) is 76.2 Å². The molecule has 0 saturated carbocycles. The molecule has 0 aromatic carbocycles. The normalized spacial score (nSPS) is 20.8.